The Labute approximate surface area is 174 Å². The van der Waals surface area contributed by atoms with Crippen LogP contribution in [0, 0.1) is 13.8 Å². The third-order valence-electron chi connectivity index (χ3n) is 4.76. The van der Waals surface area contributed by atoms with Gasteiger partial charge >= 0.3 is 11.9 Å². The molecule has 0 fully saturated rings. The number of aromatic amines is 1. The summed E-state index contributed by atoms with van der Waals surface area (Å²) < 4.78 is 10.2. The molecule has 0 bridgehead atoms. The Morgan fingerprint density at radius 2 is 1.47 bits per heavy atom. The lowest BCUT2D eigenvalue weighted by atomic mass is 10.0. The Morgan fingerprint density at radius 1 is 0.833 bits per heavy atom. The Bertz CT molecular complexity index is 1060. The monoisotopic (exact) mass is 405 g/mol. The number of rotatable bonds is 7. The zero-order valence-electron chi connectivity index (χ0n) is 17.2. The lowest BCUT2D eigenvalue weighted by Crippen LogP contribution is -2.15. The molecule has 0 spiro atoms. The molecule has 30 heavy (non-hydrogen) atoms. The molecule has 1 heterocycles. The maximum atomic E-state index is 12.5. The number of esters is 2. The van der Waals surface area contributed by atoms with Gasteiger partial charge in [-0.25, -0.2) is 9.59 Å². The molecule has 3 rings (SSSR count). The number of nitrogens with one attached hydrogen (secondary N) is 1. The van der Waals surface area contributed by atoms with Crippen LogP contribution in [0.2, 0.25) is 0 Å². The molecule has 1 aromatic heterocycles. The Kier molecular flexibility index (Phi) is 6.47. The van der Waals surface area contributed by atoms with Gasteiger partial charge in [-0.1, -0.05) is 42.5 Å². The normalized spacial score (nSPS) is 10.5. The van der Waals surface area contributed by atoms with Crippen molar-refractivity contribution in [1.82, 2.24) is 4.98 Å². The summed E-state index contributed by atoms with van der Waals surface area (Å²) >= 11 is 0. The fraction of sp³-hybridized carbons (Fsp3) is 0.208. The maximum absolute atomic E-state index is 12.5. The first-order chi connectivity index (χ1) is 14.4. The van der Waals surface area contributed by atoms with Crippen LogP contribution in [0.15, 0.2) is 54.6 Å². The topological polar surface area (TPSA) is 85.5 Å². The largest absolute Gasteiger partial charge is 0.462 e. The number of Topliss-reactive ketones (excluding diaryl/α,β-unsaturated/α-hetero) is 1. The summed E-state index contributed by atoms with van der Waals surface area (Å²) in [6.07, 6.45) is 0. The first-order valence-corrected chi connectivity index (χ1v) is 9.64. The number of carbonyl (C=O) groups excluding carboxylic acids is 3. The number of carbonyl (C=O) groups is 3. The zero-order chi connectivity index (χ0) is 21.7. The van der Waals surface area contributed by atoms with E-state index in [1.54, 1.807) is 32.9 Å². The minimum atomic E-state index is -0.588. The molecular formula is C24H23NO5. The van der Waals surface area contributed by atoms with Gasteiger partial charge in [0.15, 0.2) is 6.61 Å². The fourth-order valence-corrected chi connectivity index (χ4v) is 3.25. The lowest BCUT2D eigenvalue weighted by molar-refractivity contribution is 0.0472. The van der Waals surface area contributed by atoms with Crippen LogP contribution in [-0.4, -0.2) is 35.9 Å². The van der Waals surface area contributed by atoms with Crippen molar-refractivity contribution in [2.24, 2.45) is 0 Å². The number of benzene rings is 2. The highest BCUT2D eigenvalue weighted by molar-refractivity contribution is 6.03. The van der Waals surface area contributed by atoms with E-state index in [4.69, 9.17) is 9.47 Å². The van der Waals surface area contributed by atoms with Crippen LogP contribution in [0.1, 0.15) is 49.4 Å². The summed E-state index contributed by atoms with van der Waals surface area (Å²) in [6, 6.07) is 16.8. The van der Waals surface area contributed by atoms with Crippen LogP contribution < -0.4 is 0 Å². The van der Waals surface area contributed by atoms with E-state index in [0.717, 1.165) is 11.1 Å². The Hall–Kier alpha value is -3.67. The van der Waals surface area contributed by atoms with E-state index in [1.165, 1.54) is 0 Å². The summed E-state index contributed by atoms with van der Waals surface area (Å²) in [7, 11) is 0. The van der Waals surface area contributed by atoms with Crippen molar-refractivity contribution >= 4 is 17.7 Å². The van der Waals surface area contributed by atoms with E-state index in [1.807, 2.05) is 42.5 Å². The molecule has 6 heteroatoms. The molecular weight excluding hydrogens is 382 g/mol. The highest BCUT2D eigenvalue weighted by atomic mass is 16.5. The summed E-state index contributed by atoms with van der Waals surface area (Å²) in [4.78, 5) is 39.8. The van der Waals surface area contributed by atoms with Crippen molar-refractivity contribution in [2.45, 2.75) is 20.8 Å². The highest BCUT2D eigenvalue weighted by Crippen LogP contribution is 2.21. The van der Waals surface area contributed by atoms with Gasteiger partial charge in [-0.3, -0.25) is 4.79 Å². The lowest BCUT2D eigenvalue weighted by Gasteiger charge is -2.06. The average Bonchev–Trinajstić information content (AvgIpc) is 3.06. The average molecular weight is 405 g/mol. The minimum Gasteiger partial charge on any atom is -0.462 e. The Balaban J connectivity index is 1.66. The number of ether oxygens (including phenoxy) is 2. The first-order valence-electron chi connectivity index (χ1n) is 9.64. The van der Waals surface area contributed by atoms with Gasteiger partial charge in [-0.05, 0) is 49.6 Å². The van der Waals surface area contributed by atoms with Gasteiger partial charge in [0.1, 0.15) is 0 Å². The van der Waals surface area contributed by atoms with Crippen molar-refractivity contribution in [3.8, 4) is 11.1 Å². The van der Waals surface area contributed by atoms with Gasteiger partial charge < -0.3 is 14.5 Å². The van der Waals surface area contributed by atoms with Crippen LogP contribution in [0.4, 0.5) is 0 Å². The number of ketones is 1. The summed E-state index contributed by atoms with van der Waals surface area (Å²) in [5.41, 5.74) is 3.98. The van der Waals surface area contributed by atoms with E-state index >= 15 is 0 Å². The van der Waals surface area contributed by atoms with Crippen molar-refractivity contribution < 1.29 is 23.9 Å². The van der Waals surface area contributed by atoms with E-state index in [0.29, 0.717) is 22.4 Å². The van der Waals surface area contributed by atoms with Gasteiger partial charge in [0.2, 0.25) is 5.78 Å². The quantitative estimate of drug-likeness (QED) is 0.462. The maximum Gasteiger partial charge on any atom is 0.340 e. The molecule has 0 aliphatic rings. The molecule has 0 amide bonds. The van der Waals surface area contributed by atoms with Crippen LogP contribution in [0.3, 0.4) is 0 Å². The number of aromatic nitrogens is 1. The second-order valence-corrected chi connectivity index (χ2v) is 6.79. The van der Waals surface area contributed by atoms with Crippen molar-refractivity contribution in [3.05, 3.63) is 82.7 Å². The number of aryl methyl sites for hydroxylation is 1. The number of H-pyrrole nitrogens is 1. The number of hydrogen-bond donors (Lipinski definition) is 1. The van der Waals surface area contributed by atoms with E-state index in [2.05, 4.69) is 4.98 Å². The Morgan fingerprint density at radius 3 is 2.10 bits per heavy atom. The first kappa shape index (κ1) is 21.0. The molecule has 1 N–H and O–H groups in total. The zero-order valence-corrected chi connectivity index (χ0v) is 17.2. The predicted octanol–water partition coefficient (Wildman–Crippen LogP) is 4.51. The van der Waals surface area contributed by atoms with E-state index in [9.17, 15) is 14.4 Å². The SMILES string of the molecule is CCOC(=O)c1c(C)[nH]c(C(=O)COC(=O)c2ccc(-c3ccccc3)cc2)c1C. The fourth-order valence-electron chi connectivity index (χ4n) is 3.25. The van der Waals surface area contributed by atoms with Gasteiger partial charge in [-0.15, -0.1) is 0 Å². The molecule has 0 saturated heterocycles. The minimum absolute atomic E-state index is 0.239. The smallest absolute Gasteiger partial charge is 0.340 e. The molecule has 3 aromatic rings. The van der Waals surface area contributed by atoms with Gasteiger partial charge in [0.25, 0.3) is 0 Å². The van der Waals surface area contributed by atoms with Crippen LogP contribution in [-0.2, 0) is 9.47 Å². The molecule has 0 aliphatic carbocycles. The molecule has 0 unspecified atom stereocenters. The molecule has 6 nitrogen and oxygen atoms in total. The molecule has 154 valence electrons. The van der Waals surface area contributed by atoms with Crippen molar-refractivity contribution in [1.29, 1.82) is 0 Å². The van der Waals surface area contributed by atoms with E-state index in [-0.39, 0.29) is 12.3 Å². The second-order valence-electron chi connectivity index (χ2n) is 6.79. The standard InChI is InChI=1S/C24H23NO5/c1-4-29-24(28)21-15(2)22(25-16(21)3)20(26)14-30-23(27)19-12-10-18(11-13-19)17-8-6-5-7-9-17/h5-13,25H,4,14H2,1-3H3. The van der Waals surface area contributed by atoms with Crippen molar-refractivity contribution in [3.63, 3.8) is 0 Å². The summed E-state index contributed by atoms with van der Waals surface area (Å²) in [6.45, 7) is 4.88. The van der Waals surface area contributed by atoms with Crippen molar-refractivity contribution in [2.75, 3.05) is 13.2 Å². The molecule has 2 aromatic carbocycles. The molecule has 0 saturated carbocycles. The summed E-state index contributed by atoms with van der Waals surface area (Å²) in [5.74, 6) is -1.49. The van der Waals surface area contributed by atoms with E-state index < -0.39 is 24.3 Å². The predicted molar refractivity (Wildman–Crippen MR) is 113 cm³/mol. The van der Waals surface area contributed by atoms with Gasteiger partial charge in [-0.2, -0.15) is 0 Å². The number of hydrogen-bond acceptors (Lipinski definition) is 5. The van der Waals surface area contributed by atoms with Crippen LogP contribution in [0.5, 0.6) is 0 Å². The molecule has 0 atom stereocenters. The summed E-state index contributed by atoms with van der Waals surface area (Å²) in [5, 5.41) is 0. The van der Waals surface area contributed by atoms with Crippen LogP contribution in [0.25, 0.3) is 11.1 Å². The second kappa shape index (κ2) is 9.22. The third-order valence-corrected chi connectivity index (χ3v) is 4.76. The molecule has 0 radical (unpaired) electrons. The van der Waals surface area contributed by atoms with Gasteiger partial charge in [0, 0.05) is 5.69 Å². The van der Waals surface area contributed by atoms with Crippen LogP contribution >= 0.6 is 0 Å². The third kappa shape index (κ3) is 4.49. The van der Waals surface area contributed by atoms with Gasteiger partial charge in [0.05, 0.1) is 23.4 Å². The highest BCUT2D eigenvalue weighted by Gasteiger charge is 2.23. The molecule has 0 aliphatic heterocycles.